The van der Waals surface area contributed by atoms with Gasteiger partial charge in [0, 0.05) is 19.1 Å². The molecule has 1 amide bonds. The summed E-state index contributed by atoms with van der Waals surface area (Å²) in [6.45, 7) is 4.64. The van der Waals surface area contributed by atoms with Gasteiger partial charge in [0.2, 0.25) is 0 Å². The highest BCUT2D eigenvalue weighted by Crippen LogP contribution is 2.10. The quantitative estimate of drug-likeness (QED) is 0.687. The molecule has 0 aromatic rings. The van der Waals surface area contributed by atoms with E-state index in [0.29, 0.717) is 19.1 Å². The third-order valence-corrected chi connectivity index (χ3v) is 2.98. The predicted octanol–water partition coefficient (Wildman–Crippen LogP) is 1.91. The summed E-state index contributed by atoms with van der Waals surface area (Å²) < 4.78 is 0. The maximum absolute atomic E-state index is 10.7. The minimum atomic E-state index is -0.778. The van der Waals surface area contributed by atoms with Gasteiger partial charge in [-0.1, -0.05) is 19.8 Å². The molecule has 1 heterocycles. The minimum absolute atomic E-state index is 0.525. The Hall–Kier alpha value is -0.770. The van der Waals surface area contributed by atoms with E-state index in [2.05, 4.69) is 12.2 Å². The molecular formula is C11H22N2O2. The first-order valence-corrected chi connectivity index (χ1v) is 5.95. The lowest BCUT2D eigenvalue weighted by atomic mass is 10.1. The van der Waals surface area contributed by atoms with Crippen molar-refractivity contribution in [3.8, 4) is 0 Å². The molecule has 0 aromatic heterocycles. The van der Waals surface area contributed by atoms with Crippen LogP contribution in [0.1, 0.15) is 39.0 Å². The van der Waals surface area contributed by atoms with Crippen molar-refractivity contribution in [1.29, 1.82) is 0 Å². The third kappa shape index (κ3) is 4.51. The van der Waals surface area contributed by atoms with Crippen molar-refractivity contribution in [2.75, 3.05) is 19.6 Å². The number of hydrogen-bond acceptors (Lipinski definition) is 2. The van der Waals surface area contributed by atoms with E-state index in [9.17, 15) is 4.79 Å². The lowest BCUT2D eigenvalue weighted by Crippen LogP contribution is -2.44. The molecule has 2 N–H and O–H groups in total. The normalized spacial score (nSPS) is 18.1. The summed E-state index contributed by atoms with van der Waals surface area (Å²) in [4.78, 5) is 12.2. The molecule has 4 nitrogen and oxygen atoms in total. The second-order valence-corrected chi connectivity index (χ2v) is 4.21. The number of unbranched alkanes of at least 4 members (excludes halogenated alkanes) is 2. The smallest absolute Gasteiger partial charge is 0.407 e. The summed E-state index contributed by atoms with van der Waals surface area (Å²) >= 11 is 0. The van der Waals surface area contributed by atoms with E-state index in [1.165, 1.54) is 24.2 Å². The monoisotopic (exact) mass is 214 g/mol. The number of nitrogens with zero attached hydrogens (tertiary/aromatic N) is 1. The number of nitrogens with one attached hydrogen (secondary N) is 1. The molecular weight excluding hydrogens is 192 g/mol. The SMILES string of the molecule is CCCCCNC1CCN(C(=O)O)CC1. The van der Waals surface area contributed by atoms with Gasteiger partial charge >= 0.3 is 6.09 Å². The molecule has 0 atom stereocenters. The number of likely N-dealkylation sites (tertiary alicyclic amines) is 1. The second-order valence-electron chi connectivity index (χ2n) is 4.21. The van der Waals surface area contributed by atoms with E-state index in [4.69, 9.17) is 5.11 Å². The van der Waals surface area contributed by atoms with Gasteiger partial charge in [0.1, 0.15) is 0 Å². The third-order valence-electron chi connectivity index (χ3n) is 2.98. The number of carboxylic acid groups (broad SMARTS) is 1. The fourth-order valence-electron chi connectivity index (χ4n) is 1.96. The van der Waals surface area contributed by atoms with Gasteiger partial charge in [0.15, 0.2) is 0 Å². The van der Waals surface area contributed by atoms with Crippen LogP contribution in [0.3, 0.4) is 0 Å². The van der Waals surface area contributed by atoms with Crippen LogP contribution in [0.15, 0.2) is 0 Å². The number of hydrogen-bond donors (Lipinski definition) is 2. The second kappa shape index (κ2) is 6.67. The van der Waals surface area contributed by atoms with Crippen molar-refractivity contribution >= 4 is 6.09 Å². The van der Waals surface area contributed by atoms with Crippen LogP contribution in [-0.4, -0.2) is 41.8 Å². The number of rotatable bonds is 5. The van der Waals surface area contributed by atoms with E-state index >= 15 is 0 Å². The summed E-state index contributed by atoms with van der Waals surface area (Å²) in [7, 11) is 0. The van der Waals surface area contributed by atoms with E-state index in [0.717, 1.165) is 19.4 Å². The Morgan fingerprint density at radius 1 is 1.40 bits per heavy atom. The van der Waals surface area contributed by atoms with Gasteiger partial charge in [-0.25, -0.2) is 4.79 Å². The molecule has 1 aliphatic rings. The first-order valence-electron chi connectivity index (χ1n) is 5.95. The van der Waals surface area contributed by atoms with Gasteiger partial charge in [0.25, 0.3) is 0 Å². The average Bonchev–Trinajstić information content (AvgIpc) is 2.25. The van der Waals surface area contributed by atoms with Crippen LogP contribution in [0.2, 0.25) is 0 Å². The molecule has 4 heteroatoms. The van der Waals surface area contributed by atoms with Crippen molar-refractivity contribution < 1.29 is 9.90 Å². The zero-order chi connectivity index (χ0) is 11.1. The predicted molar refractivity (Wildman–Crippen MR) is 60.1 cm³/mol. The highest BCUT2D eigenvalue weighted by molar-refractivity contribution is 5.65. The largest absolute Gasteiger partial charge is 0.465 e. The van der Waals surface area contributed by atoms with Crippen LogP contribution in [0.5, 0.6) is 0 Å². The highest BCUT2D eigenvalue weighted by atomic mass is 16.4. The van der Waals surface area contributed by atoms with Crippen LogP contribution in [-0.2, 0) is 0 Å². The fourth-order valence-corrected chi connectivity index (χ4v) is 1.96. The summed E-state index contributed by atoms with van der Waals surface area (Å²) in [5.41, 5.74) is 0. The molecule has 1 rings (SSSR count). The zero-order valence-corrected chi connectivity index (χ0v) is 9.54. The van der Waals surface area contributed by atoms with Crippen LogP contribution in [0.25, 0.3) is 0 Å². The van der Waals surface area contributed by atoms with E-state index < -0.39 is 6.09 Å². The summed E-state index contributed by atoms with van der Waals surface area (Å²) in [5.74, 6) is 0. The molecule has 1 aliphatic heterocycles. The molecule has 0 aromatic carbocycles. The first kappa shape index (κ1) is 12.3. The summed E-state index contributed by atoms with van der Waals surface area (Å²) in [5, 5.41) is 12.3. The van der Waals surface area contributed by atoms with Crippen LogP contribution in [0, 0.1) is 0 Å². The summed E-state index contributed by atoms with van der Waals surface area (Å²) in [6, 6.07) is 0.525. The molecule has 1 fully saturated rings. The van der Waals surface area contributed by atoms with Gasteiger partial charge in [-0.15, -0.1) is 0 Å². The maximum Gasteiger partial charge on any atom is 0.407 e. The minimum Gasteiger partial charge on any atom is -0.465 e. The van der Waals surface area contributed by atoms with Gasteiger partial charge in [-0.05, 0) is 25.8 Å². The average molecular weight is 214 g/mol. The number of amides is 1. The zero-order valence-electron chi connectivity index (χ0n) is 9.54. The molecule has 0 aliphatic carbocycles. The molecule has 1 saturated heterocycles. The van der Waals surface area contributed by atoms with Crippen molar-refractivity contribution in [2.24, 2.45) is 0 Å². The molecule has 0 radical (unpaired) electrons. The van der Waals surface area contributed by atoms with Gasteiger partial charge in [-0.3, -0.25) is 0 Å². The summed E-state index contributed by atoms with van der Waals surface area (Å²) in [6.07, 6.45) is 4.89. The first-order chi connectivity index (χ1) is 7.24. The van der Waals surface area contributed by atoms with Crippen LogP contribution in [0.4, 0.5) is 4.79 Å². The fraction of sp³-hybridized carbons (Fsp3) is 0.909. The molecule has 88 valence electrons. The number of carbonyl (C=O) groups is 1. The lowest BCUT2D eigenvalue weighted by molar-refractivity contribution is 0.129. The van der Waals surface area contributed by atoms with Crippen molar-refractivity contribution in [3.05, 3.63) is 0 Å². The molecule has 0 saturated carbocycles. The highest BCUT2D eigenvalue weighted by Gasteiger charge is 2.21. The Morgan fingerprint density at radius 2 is 2.07 bits per heavy atom. The van der Waals surface area contributed by atoms with E-state index in [-0.39, 0.29) is 0 Å². The Labute approximate surface area is 91.6 Å². The molecule has 0 spiro atoms. The maximum atomic E-state index is 10.7. The molecule has 0 unspecified atom stereocenters. The van der Waals surface area contributed by atoms with Gasteiger partial charge in [0.05, 0.1) is 0 Å². The van der Waals surface area contributed by atoms with Crippen LogP contribution >= 0.6 is 0 Å². The van der Waals surface area contributed by atoms with E-state index in [1.807, 2.05) is 0 Å². The van der Waals surface area contributed by atoms with E-state index in [1.54, 1.807) is 0 Å². The topological polar surface area (TPSA) is 52.6 Å². The number of piperidine rings is 1. The Balaban J connectivity index is 2.07. The Bertz CT molecular complexity index is 189. The van der Waals surface area contributed by atoms with Gasteiger partial charge in [-0.2, -0.15) is 0 Å². The molecule has 15 heavy (non-hydrogen) atoms. The molecule has 0 bridgehead atoms. The van der Waals surface area contributed by atoms with Gasteiger partial charge < -0.3 is 15.3 Å². The van der Waals surface area contributed by atoms with Crippen molar-refractivity contribution in [3.63, 3.8) is 0 Å². The van der Waals surface area contributed by atoms with Crippen molar-refractivity contribution in [2.45, 2.75) is 45.1 Å². The standard InChI is InChI=1S/C11H22N2O2/c1-2-3-4-7-12-10-5-8-13(9-6-10)11(14)15/h10,12H,2-9H2,1H3,(H,14,15). The Kier molecular flexibility index (Phi) is 5.47. The Morgan fingerprint density at radius 3 is 2.60 bits per heavy atom. The van der Waals surface area contributed by atoms with Crippen LogP contribution < -0.4 is 5.32 Å². The van der Waals surface area contributed by atoms with Crippen molar-refractivity contribution in [1.82, 2.24) is 10.2 Å². The lowest BCUT2D eigenvalue weighted by Gasteiger charge is -2.30.